The Morgan fingerprint density at radius 3 is 1.70 bits per heavy atom. The summed E-state index contributed by atoms with van der Waals surface area (Å²) in [7, 11) is 0. The zero-order chi connectivity index (χ0) is 39.7. The van der Waals surface area contributed by atoms with Gasteiger partial charge in [-0.1, -0.05) is 123 Å². The predicted octanol–water partition coefficient (Wildman–Crippen LogP) is 15.4. The summed E-state index contributed by atoms with van der Waals surface area (Å²) in [5.74, 6) is 0. The Morgan fingerprint density at radius 1 is 0.350 bits per heavy atom. The van der Waals surface area contributed by atoms with E-state index in [0.717, 1.165) is 38.9 Å². The number of para-hydroxylation sites is 3. The summed E-state index contributed by atoms with van der Waals surface area (Å²) in [6.45, 7) is 4.73. The lowest BCUT2D eigenvalue weighted by Gasteiger charge is -2.21. The molecule has 12 aromatic rings. The molecule has 282 valence electrons. The van der Waals surface area contributed by atoms with Crippen LogP contribution in [0.25, 0.3) is 110 Å². The van der Waals surface area contributed by atoms with Gasteiger partial charge in [-0.25, -0.2) is 0 Å². The monoisotopic (exact) mass is 766 g/mol. The minimum atomic E-state index is -0.0958. The Labute approximate surface area is 347 Å². The third kappa shape index (κ3) is 4.60. The molecule has 60 heavy (non-hydrogen) atoms. The van der Waals surface area contributed by atoms with E-state index in [1.807, 2.05) is 0 Å². The van der Waals surface area contributed by atoms with Crippen LogP contribution < -0.4 is 0 Å². The minimum Gasteiger partial charge on any atom is -0.456 e. The molecule has 0 radical (unpaired) electrons. The lowest BCUT2D eigenvalue weighted by molar-refractivity contribution is 0.661. The van der Waals surface area contributed by atoms with Crippen molar-refractivity contribution in [3.8, 4) is 44.8 Å². The highest BCUT2D eigenvalue weighted by molar-refractivity contribution is 6.17. The molecule has 0 amide bonds. The van der Waals surface area contributed by atoms with Crippen LogP contribution in [0.5, 0.6) is 0 Å². The van der Waals surface area contributed by atoms with Crippen LogP contribution in [0.2, 0.25) is 0 Å². The number of hydrogen-bond acceptors (Lipinski definition) is 1. The number of furan rings is 1. The molecule has 3 nitrogen and oxygen atoms in total. The zero-order valence-corrected chi connectivity index (χ0v) is 33.3. The first kappa shape index (κ1) is 33.4. The normalized spacial score (nSPS) is 13.3. The summed E-state index contributed by atoms with van der Waals surface area (Å²) in [5.41, 5.74) is 19.0. The van der Waals surface area contributed by atoms with Crippen molar-refractivity contribution in [2.24, 2.45) is 0 Å². The molecule has 0 aliphatic heterocycles. The molecule has 0 bridgehead atoms. The fraction of sp³-hybridized carbons (Fsp3) is 0.0526. The topological polar surface area (TPSA) is 23.0 Å². The second-order valence-corrected chi connectivity index (χ2v) is 16.9. The Kier molecular flexibility index (Phi) is 6.78. The second kappa shape index (κ2) is 12.2. The maximum atomic E-state index is 6.60. The molecule has 0 fully saturated rings. The number of nitrogens with zero attached hydrogens (tertiary/aromatic N) is 2. The highest BCUT2D eigenvalue weighted by Gasteiger charge is 2.36. The first-order chi connectivity index (χ1) is 29.5. The highest BCUT2D eigenvalue weighted by Crippen LogP contribution is 2.51. The van der Waals surface area contributed by atoms with Crippen molar-refractivity contribution in [1.82, 2.24) is 9.13 Å². The van der Waals surface area contributed by atoms with Crippen molar-refractivity contribution in [2.75, 3.05) is 0 Å². The van der Waals surface area contributed by atoms with E-state index in [4.69, 9.17) is 4.42 Å². The first-order valence-corrected chi connectivity index (χ1v) is 20.8. The van der Waals surface area contributed by atoms with Crippen LogP contribution in [0.4, 0.5) is 0 Å². The average Bonchev–Trinajstić information content (AvgIpc) is 4.00. The number of benzene rings is 9. The third-order valence-electron chi connectivity index (χ3n) is 13.3. The number of fused-ring (bicyclic) bond motifs is 12. The van der Waals surface area contributed by atoms with Crippen LogP contribution in [-0.2, 0) is 5.41 Å². The summed E-state index contributed by atoms with van der Waals surface area (Å²) < 4.78 is 11.4. The van der Waals surface area contributed by atoms with Gasteiger partial charge < -0.3 is 13.6 Å². The van der Waals surface area contributed by atoms with E-state index < -0.39 is 0 Å². The minimum absolute atomic E-state index is 0.0958. The average molecular weight is 767 g/mol. The van der Waals surface area contributed by atoms with Gasteiger partial charge in [-0.15, -0.1) is 0 Å². The van der Waals surface area contributed by atoms with Crippen LogP contribution in [0.1, 0.15) is 25.0 Å². The van der Waals surface area contributed by atoms with Gasteiger partial charge in [-0.3, -0.25) is 0 Å². The van der Waals surface area contributed by atoms with Crippen LogP contribution in [0, 0.1) is 0 Å². The molecule has 1 aliphatic rings. The van der Waals surface area contributed by atoms with Gasteiger partial charge in [0.2, 0.25) is 0 Å². The standard InChI is InChI=1S/C57H38N2O/c1-57(2)48-21-11-9-18-41(48)43-34-53-46(33-49(43)57)45-32-37(25-28-52(45)59(53)39-16-7-4-8-17-39)40-20-13-23-55-56(40)47-31-36(26-29-54(47)60-55)35-24-27-51-44(30-35)42-19-10-12-22-50(42)58(51)38-14-5-3-6-15-38/h3-34H,1-2H3. The van der Waals surface area contributed by atoms with Crippen LogP contribution in [-0.4, -0.2) is 9.13 Å². The van der Waals surface area contributed by atoms with Crippen molar-refractivity contribution in [3.05, 3.63) is 205 Å². The lowest BCUT2D eigenvalue weighted by Crippen LogP contribution is -2.14. The summed E-state index contributed by atoms with van der Waals surface area (Å²) in [4.78, 5) is 0. The van der Waals surface area contributed by atoms with Gasteiger partial charge in [0.25, 0.3) is 0 Å². The van der Waals surface area contributed by atoms with E-state index >= 15 is 0 Å². The maximum Gasteiger partial charge on any atom is 0.136 e. The second-order valence-electron chi connectivity index (χ2n) is 16.9. The summed E-state index contributed by atoms with van der Waals surface area (Å²) in [6.07, 6.45) is 0. The molecular weight excluding hydrogens is 729 g/mol. The molecule has 3 aromatic heterocycles. The molecule has 0 unspecified atom stereocenters. The first-order valence-electron chi connectivity index (χ1n) is 20.8. The largest absolute Gasteiger partial charge is 0.456 e. The Morgan fingerprint density at radius 2 is 0.917 bits per heavy atom. The fourth-order valence-electron chi connectivity index (χ4n) is 10.5. The van der Waals surface area contributed by atoms with Crippen molar-refractivity contribution < 1.29 is 4.42 Å². The van der Waals surface area contributed by atoms with Crippen molar-refractivity contribution in [1.29, 1.82) is 0 Å². The van der Waals surface area contributed by atoms with Crippen molar-refractivity contribution in [3.63, 3.8) is 0 Å². The molecule has 0 saturated heterocycles. The third-order valence-corrected chi connectivity index (χ3v) is 13.3. The van der Waals surface area contributed by atoms with E-state index in [-0.39, 0.29) is 5.41 Å². The quantitative estimate of drug-likeness (QED) is 0.175. The van der Waals surface area contributed by atoms with Gasteiger partial charge in [0.05, 0.1) is 22.1 Å². The van der Waals surface area contributed by atoms with Gasteiger partial charge in [0, 0.05) is 49.1 Å². The van der Waals surface area contributed by atoms with Crippen LogP contribution >= 0.6 is 0 Å². The molecule has 0 saturated carbocycles. The molecule has 1 aliphatic carbocycles. The van der Waals surface area contributed by atoms with Gasteiger partial charge in [-0.2, -0.15) is 0 Å². The number of rotatable bonds is 4. The van der Waals surface area contributed by atoms with Gasteiger partial charge in [0.15, 0.2) is 0 Å². The molecule has 0 atom stereocenters. The number of hydrogen-bond donors (Lipinski definition) is 0. The van der Waals surface area contributed by atoms with Crippen molar-refractivity contribution in [2.45, 2.75) is 19.3 Å². The fourth-order valence-corrected chi connectivity index (χ4v) is 10.5. The van der Waals surface area contributed by atoms with Crippen LogP contribution in [0.3, 0.4) is 0 Å². The molecule has 3 heteroatoms. The molecule has 9 aromatic carbocycles. The predicted molar refractivity (Wildman–Crippen MR) is 251 cm³/mol. The Balaban J connectivity index is 1.00. The van der Waals surface area contributed by atoms with Gasteiger partial charge in [0.1, 0.15) is 11.2 Å². The molecule has 0 spiro atoms. The van der Waals surface area contributed by atoms with Gasteiger partial charge in [-0.05, 0) is 129 Å². The summed E-state index contributed by atoms with van der Waals surface area (Å²) in [6, 6.07) is 71.0. The molecule has 13 rings (SSSR count). The van der Waals surface area contributed by atoms with Crippen molar-refractivity contribution >= 4 is 65.6 Å². The lowest BCUT2D eigenvalue weighted by atomic mass is 9.82. The van der Waals surface area contributed by atoms with Gasteiger partial charge >= 0.3 is 0 Å². The SMILES string of the molecule is CC1(C)c2ccccc2-c2cc3c(cc21)c1cc(-c2cccc4oc5ccc(-c6ccc7c(c6)c6ccccc6n7-c6ccccc6)cc5c24)ccc1n3-c1ccccc1. The number of aromatic nitrogens is 2. The Bertz CT molecular complexity index is 3730. The van der Waals surface area contributed by atoms with E-state index in [1.54, 1.807) is 0 Å². The Hall–Kier alpha value is -7.62. The van der Waals surface area contributed by atoms with E-state index in [2.05, 4.69) is 217 Å². The van der Waals surface area contributed by atoms with E-state index in [9.17, 15) is 0 Å². The van der Waals surface area contributed by atoms with E-state index in [1.165, 1.54) is 82.6 Å². The molecular formula is C57H38N2O. The maximum absolute atomic E-state index is 6.60. The molecule has 3 heterocycles. The smallest absolute Gasteiger partial charge is 0.136 e. The zero-order valence-electron chi connectivity index (χ0n) is 33.3. The summed E-state index contributed by atoms with van der Waals surface area (Å²) >= 11 is 0. The highest BCUT2D eigenvalue weighted by atomic mass is 16.3. The molecule has 0 N–H and O–H groups in total. The van der Waals surface area contributed by atoms with E-state index in [0.29, 0.717) is 0 Å². The summed E-state index contributed by atoms with van der Waals surface area (Å²) in [5, 5.41) is 7.26. The van der Waals surface area contributed by atoms with Crippen LogP contribution in [0.15, 0.2) is 199 Å².